The fourth-order valence-electron chi connectivity index (χ4n) is 4.34. The van der Waals surface area contributed by atoms with Gasteiger partial charge in [0.2, 0.25) is 0 Å². The second-order valence-corrected chi connectivity index (χ2v) is 13.0. The van der Waals surface area contributed by atoms with Gasteiger partial charge in [-0.05, 0) is 40.7 Å². The summed E-state index contributed by atoms with van der Waals surface area (Å²) in [5.41, 5.74) is 5.14. The molecular formula is C32H32N2O5S. The molecule has 1 atom stereocenters. The lowest BCUT2D eigenvalue weighted by Gasteiger charge is -2.19. The number of aromatic nitrogens is 2. The highest BCUT2D eigenvalue weighted by atomic mass is 32.2. The maximum Gasteiger partial charge on any atom is 0.307 e. The molecule has 0 unspecified atom stereocenters. The van der Waals surface area contributed by atoms with Crippen LogP contribution in [0, 0.1) is 5.92 Å². The average molecular weight is 557 g/mol. The number of rotatable bonds is 9. The minimum atomic E-state index is -3.38. The quantitative estimate of drug-likeness (QED) is 0.250. The van der Waals surface area contributed by atoms with Crippen LogP contribution in [0.2, 0.25) is 0 Å². The maximum absolute atomic E-state index is 12.7. The molecule has 0 spiro atoms. The van der Waals surface area contributed by atoms with E-state index in [0.717, 1.165) is 28.5 Å². The van der Waals surface area contributed by atoms with Gasteiger partial charge in [0.1, 0.15) is 0 Å². The van der Waals surface area contributed by atoms with Crippen LogP contribution in [0.25, 0.3) is 22.5 Å². The predicted octanol–water partition coefficient (Wildman–Crippen LogP) is 6.03. The molecular weight excluding hydrogens is 524 g/mol. The number of aliphatic carboxylic acids is 1. The molecule has 1 aromatic heterocycles. The van der Waals surface area contributed by atoms with Crippen LogP contribution in [0.4, 0.5) is 0 Å². The molecule has 0 fully saturated rings. The van der Waals surface area contributed by atoms with Crippen LogP contribution in [0.3, 0.4) is 0 Å². The van der Waals surface area contributed by atoms with Gasteiger partial charge in [-0.2, -0.15) is 0 Å². The summed E-state index contributed by atoms with van der Waals surface area (Å²) in [5.74, 6) is -1.79. The summed E-state index contributed by atoms with van der Waals surface area (Å²) in [5, 5.41) is 9.74. The third-order valence-corrected chi connectivity index (χ3v) is 7.94. The summed E-state index contributed by atoms with van der Waals surface area (Å²) >= 11 is 0. The number of sulfone groups is 1. The molecule has 1 N–H and O–H groups in total. The Morgan fingerprint density at radius 1 is 0.800 bits per heavy atom. The molecule has 206 valence electrons. The SMILES string of the molecule is CC(C)(C)c1ccc(-c2cnc(-c3ccc(C[C@H](CC(=O)c4ccc(S(C)(=O)=O)cc4)C(=O)O)cc3)nc2)cc1. The van der Waals surface area contributed by atoms with E-state index in [2.05, 4.69) is 55.0 Å². The zero-order valence-corrected chi connectivity index (χ0v) is 23.8. The highest BCUT2D eigenvalue weighted by Gasteiger charge is 2.23. The third kappa shape index (κ3) is 7.07. The zero-order valence-electron chi connectivity index (χ0n) is 23.0. The molecule has 0 saturated carbocycles. The highest BCUT2D eigenvalue weighted by Crippen LogP contribution is 2.27. The van der Waals surface area contributed by atoms with Crippen molar-refractivity contribution in [2.75, 3.05) is 6.26 Å². The summed E-state index contributed by atoms with van der Waals surface area (Å²) < 4.78 is 23.3. The number of nitrogens with zero attached hydrogens (tertiary/aromatic N) is 2. The van der Waals surface area contributed by atoms with Crippen molar-refractivity contribution >= 4 is 21.6 Å². The minimum absolute atomic E-state index is 0.0824. The first-order valence-corrected chi connectivity index (χ1v) is 14.8. The number of Topliss-reactive ketones (excluding diaryl/α,β-unsaturated/α-hetero) is 1. The van der Waals surface area contributed by atoms with Gasteiger partial charge in [0, 0.05) is 41.8 Å². The van der Waals surface area contributed by atoms with Crippen LogP contribution in [0.1, 0.15) is 48.7 Å². The average Bonchev–Trinajstić information content (AvgIpc) is 2.92. The Morgan fingerprint density at radius 3 is 1.85 bits per heavy atom. The van der Waals surface area contributed by atoms with Gasteiger partial charge in [-0.25, -0.2) is 18.4 Å². The molecule has 0 bridgehead atoms. The lowest BCUT2D eigenvalue weighted by molar-refractivity contribution is -0.141. The van der Waals surface area contributed by atoms with Crippen molar-refractivity contribution in [3.63, 3.8) is 0 Å². The molecule has 0 amide bonds. The largest absolute Gasteiger partial charge is 0.481 e. The van der Waals surface area contributed by atoms with Crippen molar-refractivity contribution in [1.82, 2.24) is 9.97 Å². The molecule has 4 rings (SSSR count). The first kappa shape index (κ1) is 28.8. The Kier molecular flexibility index (Phi) is 8.30. The Balaban J connectivity index is 1.42. The fraction of sp³-hybridized carbons (Fsp3) is 0.250. The topological polar surface area (TPSA) is 114 Å². The van der Waals surface area contributed by atoms with E-state index in [1.807, 2.05) is 24.3 Å². The number of ketones is 1. The Morgan fingerprint density at radius 2 is 1.35 bits per heavy atom. The second kappa shape index (κ2) is 11.5. The molecule has 0 saturated heterocycles. The molecule has 0 aliphatic rings. The van der Waals surface area contributed by atoms with E-state index in [9.17, 15) is 23.1 Å². The lowest BCUT2D eigenvalue weighted by Crippen LogP contribution is -2.20. The second-order valence-electron chi connectivity index (χ2n) is 11.0. The minimum Gasteiger partial charge on any atom is -0.481 e. The number of carboxylic acids is 1. The number of carbonyl (C=O) groups is 2. The molecule has 3 aromatic carbocycles. The third-order valence-electron chi connectivity index (χ3n) is 6.82. The van der Waals surface area contributed by atoms with Crippen molar-refractivity contribution < 1.29 is 23.1 Å². The predicted molar refractivity (Wildman–Crippen MR) is 155 cm³/mol. The van der Waals surface area contributed by atoms with Gasteiger partial charge >= 0.3 is 5.97 Å². The van der Waals surface area contributed by atoms with Gasteiger partial charge in [-0.15, -0.1) is 0 Å². The molecule has 7 nitrogen and oxygen atoms in total. The normalized spacial score (nSPS) is 12.6. The maximum atomic E-state index is 12.7. The van der Waals surface area contributed by atoms with E-state index < -0.39 is 21.7 Å². The molecule has 8 heteroatoms. The summed E-state index contributed by atoms with van der Waals surface area (Å²) in [4.78, 5) is 33.8. The number of carbonyl (C=O) groups excluding carboxylic acids is 1. The number of hydrogen-bond acceptors (Lipinski definition) is 6. The van der Waals surface area contributed by atoms with Crippen LogP contribution in [-0.4, -0.2) is 41.5 Å². The first-order chi connectivity index (χ1) is 18.8. The van der Waals surface area contributed by atoms with Crippen LogP contribution in [0.15, 0.2) is 90.1 Å². The molecule has 0 radical (unpaired) electrons. The lowest BCUT2D eigenvalue weighted by atomic mass is 9.86. The van der Waals surface area contributed by atoms with Gasteiger partial charge < -0.3 is 5.11 Å². The summed E-state index contributed by atoms with van der Waals surface area (Å²) in [6.45, 7) is 6.53. The van der Waals surface area contributed by atoms with E-state index in [1.165, 1.54) is 29.8 Å². The summed E-state index contributed by atoms with van der Waals surface area (Å²) in [6, 6.07) is 21.2. The van der Waals surface area contributed by atoms with Gasteiger partial charge in [0.25, 0.3) is 0 Å². The van der Waals surface area contributed by atoms with Gasteiger partial charge in [-0.1, -0.05) is 81.4 Å². The number of benzene rings is 3. The van der Waals surface area contributed by atoms with E-state index in [0.29, 0.717) is 5.82 Å². The van der Waals surface area contributed by atoms with E-state index >= 15 is 0 Å². The molecule has 0 aliphatic heterocycles. The van der Waals surface area contributed by atoms with Crippen molar-refractivity contribution in [1.29, 1.82) is 0 Å². The monoisotopic (exact) mass is 556 g/mol. The number of hydrogen-bond donors (Lipinski definition) is 1. The van der Waals surface area contributed by atoms with Crippen molar-refractivity contribution in [2.24, 2.45) is 5.92 Å². The Bertz CT molecular complexity index is 1600. The standard InChI is InChI=1S/C32H32N2O5S/c1-32(2,3)27-13-9-22(10-14-27)26-19-33-30(34-20-26)24-7-5-21(6-8-24)17-25(31(36)37)18-29(35)23-11-15-28(16-12-23)40(4,38)39/h5-16,19-20,25H,17-18H2,1-4H3,(H,36,37)/t25-/m1/s1. The molecule has 0 aliphatic carbocycles. The van der Waals surface area contributed by atoms with E-state index in [4.69, 9.17) is 0 Å². The molecule has 1 heterocycles. The van der Waals surface area contributed by atoms with Gasteiger partial charge in [0.15, 0.2) is 21.4 Å². The fourth-order valence-corrected chi connectivity index (χ4v) is 4.97. The highest BCUT2D eigenvalue weighted by molar-refractivity contribution is 7.90. The smallest absolute Gasteiger partial charge is 0.307 e. The van der Waals surface area contributed by atoms with Gasteiger partial charge in [-0.3, -0.25) is 9.59 Å². The van der Waals surface area contributed by atoms with Crippen molar-refractivity contribution in [3.05, 3.63) is 102 Å². The van der Waals surface area contributed by atoms with Crippen LogP contribution in [0.5, 0.6) is 0 Å². The van der Waals surface area contributed by atoms with E-state index in [1.54, 1.807) is 12.4 Å². The molecule has 4 aromatic rings. The van der Waals surface area contributed by atoms with Crippen molar-refractivity contribution in [2.45, 2.75) is 43.9 Å². The van der Waals surface area contributed by atoms with Crippen LogP contribution in [-0.2, 0) is 26.5 Å². The first-order valence-electron chi connectivity index (χ1n) is 12.9. The van der Waals surface area contributed by atoms with Gasteiger partial charge in [0.05, 0.1) is 10.8 Å². The van der Waals surface area contributed by atoms with E-state index in [-0.39, 0.29) is 34.5 Å². The Labute approximate surface area is 234 Å². The van der Waals surface area contributed by atoms with Crippen LogP contribution < -0.4 is 0 Å². The number of carboxylic acid groups (broad SMARTS) is 1. The molecule has 40 heavy (non-hydrogen) atoms. The van der Waals surface area contributed by atoms with Crippen LogP contribution >= 0.6 is 0 Å². The summed E-state index contributed by atoms with van der Waals surface area (Å²) in [6.07, 6.45) is 4.64. The zero-order chi connectivity index (χ0) is 29.1. The van der Waals surface area contributed by atoms with Crippen molar-refractivity contribution in [3.8, 4) is 22.5 Å². The summed E-state index contributed by atoms with van der Waals surface area (Å²) in [7, 11) is -3.38. The Hall–Kier alpha value is -4.17.